The van der Waals surface area contributed by atoms with Crippen molar-refractivity contribution in [3.8, 4) is 5.75 Å². The summed E-state index contributed by atoms with van der Waals surface area (Å²) in [6.07, 6.45) is 4.57. The molecule has 19 heavy (non-hydrogen) atoms. The third kappa shape index (κ3) is 3.08. The molecule has 3 unspecified atom stereocenters. The molecule has 1 aliphatic carbocycles. The van der Waals surface area contributed by atoms with E-state index in [0.29, 0.717) is 24.1 Å². The highest BCUT2D eigenvalue weighted by molar-refractivity contribution is 5.32. The molecule has 0 saturated heterocycles. The van der Waals surface area contributed by atoms with E-state index in [9.17, 15) is 4.39 Å². The van der Waals surface area contributed by atoms with E-state index < -0.39 is 0 Å². The summed E-state index contributed by atoms with van der Waals surface area (Å²) < 4.78 is 19.3. The molecule has 1 saturated carbocycles. The zero-order chi connectivity index (χ0) is 13.8. The minimum Gasteiger partial charge on any atom is -0.497 e. The van der Waals surface area contributed by atoms with Crippen LogP contribution in [0.1, 0.15) is 44.1 Å². The first-order valence-corrected chi connectivity index (χ1v) is 7.23. The number of benzene rings is 1. The monoisotopic (exact) mass is 265 g/mol. The second kappa shape index (κ2) is 6.38. The Morgan fingerprint density at radius 3 is 2.74 bits per heavy atom. The van der Waals surface area contributed by atoms with Gasteiger partial charge in [0.2, 0.25) is 0 Å². The predicted molar refractivity (Wildman–Crippen MR) is 75.9 cm³/mol. The lowest BCUT2D eigenvalue weighted by atomic mass is 9.70. The molecule has 0 aromatic heterocycles. The van der Waals surface area contributed by atoms with E-state index in [2.05, 4.69) is 6.92 Å². The maximum Gasteiger partial charge on any atom is 0.130 e. The zero-order valence-electron chi connectivity index (χ0n) is 11.9. The highest BCUT2D eigenvalue weighted by atomic mass is 19.1. The molecule has 2 N–H and O–H groups in total. The summed E-state index contributed by atoms with van der Waals surface area (Å²) in [6, 6.07) is 5.21. The molecule has 0 heterocycles. The Labute approximate surface area is 115 Å². The highest BCUT2D eigenvalue weighted by Crippen LogP contribution is 2.42. The number of rotatable bonds is 4. The molecule has 1 aromatic rings. The average Bonchev–Trinajstić information content (AvgIpc) is 2.46. The van der Waals surface area contributed by atoms with Crippen molar-refractivity contribution >= 4 is 0 Å². The first-order valence-electron chi connectivity index (χ1n) is 7.23. The first-order chi connectivity index (χ1) is 9.19. The van der Waals surface area contributed by atoms with Gasteiger partial charge in [0, 0.05) is 6.07 Å². The van der Waals surface area contributed by atoms with Gasteiger partial charge in [-0.2, -0.15) is 0 Å². The third-order valence-electron chi connectivity index (χ3n) is 4.59. The molecule has 0 radical (unpaired) electrons. The van der Waals surface area contributed by atoms with Gasteiger partial charge in [0.05, 0.1) is 7.11 Å². The van der Waals surface area contributed by atoms with Gasteiger partial charge in [0.25, 0.3) is 0 Å². The van der Waals surface area contributed by atoms with Crippen LogP contribution in [-0.2, 0) is 0 Å². The second-order valence-electron chi connectivity index (χ2n) is 5.58. The summed E-state index contributed by atoms with van der Waals surface area (Å²) >= 11 is 0. The third-order valence-corrected chi connectivity index (χ3v) is 4.59. The van der Waals surface area contributed by atoms with Gasteiger partial charge >= 0.3 is 0 Å². The largest absolute Gasteiger partial charge is 0.497 e. The number of hydrogen-bond acceptors (Lipinski definition) is 2. The quantitative estimate of drug-likeness (QED) is 0.901. The van der Waals surface area contributed by atoms with E-state index in [4.69, 9.17) is 10.5 Å². The number of halogens is 1. The summed E-state index contributed by atoms with van der Waals surface area (Å²) in [7, 11) is 1.56. The molecule has 1 aromatic carbocycles. The number of ether oxygens (including phenoxy) is 1. The van der Waals surface area contributed by atoms with Crippen LogP contribution in [0.3, 0.4) is 0 Å². The SMILES string of the molecule is CCC1CCC(CN)C(c2ccc(OC)cc2F)C1. The van der Waals surface area contributed by atoms with Gasteiger partial charge in [0.1, 0.15) is 11.6 Å². The maximum absolute atomic E-state index is 14.2. The van der Waals surface area contributed by atoms with Crippen molar-refractivity contribution in [2.75, 3.05) is 13.7 Å². The smallest absolute Gasteiger partial charge is 0.130 e. The average molecular weight is 265 g/mol. The Bertz CT molecular complexity index is 421. The molecule has 3 heteroatoms. The minimum atomic E-state index is -0.153. The molecule has 2 rings (SSSR count). The summed E-state index contributed by atoms with van der Waals surface area (Å²) in [4.78, 5) is 0. The zero-order valence-corrected chi connectivity index (χ0v) is 11.9. The van der Waals surface area contributed by atoms with Gasteiger partial charge in [-0.15, -0.1) is 0 Å². The number of hydrogen-bond donors (Lipinski definition) is 1. The van der Waals surface area contributed by atoms with Gasteiger partial charge in [-0.1, -0.05) is 25.8 Å². The fraction of sp³-hybridized carbons (Fsp3) is 0.625. The summed E-state index contributed by atoms with van der Waals surface area (Å²) in [6.45, 7) is 2.86. The van der Waals surface area contributed by atoms with Crippen LogP contribution in [0.2, 0.25) is 0 Å². The van der Waals surface area contributed by atoms with Crippen LogP contribution in [0, 0.1) is 17.7 Å². The van der Waals surface area contributed by atoms with E-state index in [1.54, 1.807) is 7.11 Å². The van der Waals surface area contributed by atoms with Gasteiger partial charge < -0.3 is 10.5 Å². The van der Waals surface area contributed by atoms with E-state index >= 15 is 0 Å². The fourth-order valence-electron chi connectivity index (χ4n) is 3.29. The summed E-state index contributed by atoms with van der Waals surface area (Å²) in [5.74, 6) is 1.79. The van der Waals surface area contributed by atoms with E-state index in [1.807, 2.05) is 12.1 Å². The highest BCUT2D eigenvalue weighted by Gasteiger charge is 2.31. The van der Waals surface area contributed by atoms with Crippen molar-refractivity contribution in [1.82, 2.24) is 0 Å². The minimum absolute atomic E-state index is 0.153. The summed E-state index contributed by atoms with van der Waals surface area (Å²) in [5, 5.41) is 0. The first kappa shape index (κ1) is 14.3. The van der Waals surface area contributed by atoms with Crippen molar-refractivity contribution in [2.45, 2.75) is 38.5 Å². The molecule has 0 amide bonds. The lowest BCUT2D eigenvalue weighted by Crippen LogP contribution is -2.29. The molecular weight excluding hydrogens is 241 g/mol. The Balaban J connectivity index is 2.25. The molecule has 106 valence electrons. The molecule has 0 aliphatic heterocycles. The number of nitrogens with two attached hydrogens (primary N) is 1. The Morgan fingerprint density at radius 1 is 1.37 bits per heavy atom. The maximum atomic E-state index is 14.2. The number of methoxy groups -OCH3 is 1. The summed E-state index contributed by atoms with van der Waals surface area (Å²) in [5.41, 5.74) is 6.69. The molecule has 2 nitrogen and oxygen atoms in total. The van der Waals surface area contributed by atoms with Crippen molar-refractivity contribution in [3.05, 3.63) is 29.6 Å². The van der Waals surface area contributed by atoms with Crippen LogP contribution in [0.15, 0.2) is 18.2 Å². The van der Waals surface area contributed by atoms with Gasteiger partial charge in [-0.05, 0) is 48.8 Å². The molecular formula is C16H24FNO. The van der Waals surface area contributed by atoms with Crippen LogP contribution in [0.4, 0.5) is 4.39 Å². The molecule has 0 spiro atoms. The van der Waals surface area contributed by atoms with E-state index in [0.717, 1.165) is 18.4 Å². The van der Waals surface area contributed by atoms with Crippen molar-refractivity contribution < 1.29 is 9.13 Å². The van der Waals surface area contributed by atoms with Gasteiger partial charge in [-0.3, -0.25) is 0 Å². The predicted octanol–water partition coefficient (Wildman–Crippen LogP) is 3.70. The Kier molecular flexibility index (Phi) is 4.81. The van der Waals surface area contributed by atoms with Gasteiger partial charge in [0.15, 0.2) is 0 Å². The van der Waals surface area contributed by atoms with Crippen molar-refractivity contribution in [2.24, 2.45) is 17.6 Å². The molecule has 0 bridgehead atoms. The van der Waals surface area contributed by atoms with E-state index in [-0.39, 0.29) is 11.7 Å². The lowest BCUT2D eigenvalue weighted by Gasteiger charge is -2.36. The van der Waals surface area contributed by atoms with Crippen LogP contribution in [0.25, 0.3) is 0 Å². The molecule has 1 fully saturated rings. The standard InChI is InChI=1S/C16H24FNO/c1-3-11-4-5-12(10-18)15(8-11)14-7-6-13(19-2)9-16(14)17/h6-7,9,11-12,15H,3-5,8,10,18H2,1-2H3. The Morgan fingerprint density at radius 2 is 2.16 bits per heavy atom. The Hall–Kier alpha value is -1.09. The fourth-order valence-corrected chi connectivity index (χ4v) is 3.29. The molecule has 3 atom stereocenters. The van der Waals surface area contributed by atoms with Gasteiger partial charge in [-0.25, -0.2) is 4.39 Å². The second-order valence-corrected chi connectivity index (χ2v) is 5.58. The van der Waals surface area contributed by atoms with Crippen LogP contribution in [0.5, 0.6) is 5.75 Å². The topological polar surface area (TPSA) is 35.2 Å². The van der Waals surface area contributed by atoms with Crippen molar-refractivity contribution in [3.63, 3.8) is 0 Å². The lowest BCUT2D eigenvalue weighted by molar-refractivity contribution is 0.232. The van der Waals surface area contributed by atoms with Crippen LogP contribution < -0.4 is 10.5 Å². The van der Waals surface area contributed by atoms with Crippen molar-refractivity contribution in [1.29, 1.82) is 0 Å². The van der Waals surface area contributed by atoms with Crippen LogP contribution >= 0.6 is 0 Å². The van der Waals surface area contributed by atoms with Crippen LogP contribution in [-0.4, -0.2) is 13.7 Å². The molecule has 1 aliphatic rings. The normalized spacial score (nSPS) is 27.3. The van der Waals surface area contributed by atoms with E-state index in [1.165, 1.54) is 18.9 Å².